The Labute approximate surface area is 142 Å². The van der Waals surface area contributed by atoms with E-state index in [1.165, 1.54) is 17.2 Å². The zero-order chi connectivity index (χ0) is 17.1. The molecule has 0 saturated carbocycles. The summed E-state index contributed by atoms with van der Waals surface area (Å²) < 4.78 is 7.30. The molecule has 1 aromatic heterocycles. The highest BCUT2D eigenvalue weighted by atomic mass is 16.5. The number of carbonyl (C=O) groups is 1. The average molecular weight is 325 g/mol. The van der Waals surface area contributed by atoms with Gasteiger partial charge >= 0.3 is 0 Å². The van der Waals surface area contributed by atoms with Crippen molar-refractivity contribution in [3.05, 3.63) is 65.0 Å². The lowest BCUT2D eigenvalue weighted by molar-refractivity contribution is -0.127. The minimum Gasteiger partial charge on any atom is -0.376 e. The molecule has 0 fully saturated rings. The second-order valence-corrected chi connectivity index (χ2v) is 6.20. The molecule has 0 bridgehead atoms. The summed E-state index contributed by atoms with van der Waals surface area (Å²) in [6.07, 6.45) is 2.30. The molecule has 5 heteroatoms. The highest BCUT2D eigenvalue weighted by Gasteiger charge is 2.16. The van der Waals surface area contributed by atoms with Gasteiger partial charge in [-0.2, -0.15) is 5.10 Å². The fourth-order valence-corrected chi connectivity index (χ4v) is 3.08. The number of nitrogens with zero attached hydrogens (tertiary/aromatic N) is 3. The number of benzene rings is 1. The first kappa shape index (κ1) is 16.5. The Kier molecular flexibility index (Phi) is 4.81. The SMILES string of the molecule is C=CC(=O)N(Cc1ccc2c(c1)CCOC2)Cc1cc(C)nn1C. The van der Waals surface area contributed by atoms with Crippen LogP contribution in [0.5, 0.6) is 0 Å². The molecule has 0 N–H and O–H groups in total. The molecule has 0 radical (unpaired) electrons. The molecule has 3 rings (SSSR count). The minimum absolute atomic E-state index is 0.0742. The van der Waals surface area contributed by atoms with Crippen molar-refractivity contribution in [3.8, 4) is 0 Å². The van der Waals surface area contributed by atoms with E-state index in [4.69, 9.17) is 4.74 Å². The maximum absolute atomic E-state index is 12.3. The lowest BCUT2D eigenvalue weighted by Gasteiger charge is -2.23. The molecule has 1 aliphatic heterocycles. The number of aryl methyl sites for hydroxylation is 2. The molecule has 1 aromatic carbocycles. The Morgan fingerprint density at radius 2 is 2.21 bits per heavy atom. The lowest BCUT2D eigenvalue weighted by Crippen LogP contribution is -2.29. The van der Waals surface area contributed by atoms with Crippen molar-refractivity contribution in [1.82, 2.24) is 14.7 Å². The Balaban J connectivity index is 1.80. The number of hydrogen-bond acceptors (Lipinski definition) is 3. The first-order valence-electron chi connectivity index (χ1n) is 8.16. The molecule has 0 atom stereocenters. The van der Waals surface area contributed by atoms with Gasteiger partial charge in [-0.15, -0.1) is 0 Å². The van der Waals surface area contributed by atoms with Crippen LogP contribution in [0.2, 0.25) is 0 Å². The molecule has 1 amide bonds. The first-order valence-corrected chi connectivity index (χ1v) is 8.16. The van der Waals surface area contributed by atoms with Crippen molar-refractivity contribution in [2.45, 2.75) is 33.0 Å². The van der Waals surface area contributed by atoms with Crippen molar-refractivity contribution in [1.29, 1.82) is 0 Å². The third-order valence-electron chi connectivity index (χ3n) is 4.36. The van der Waals surface area contributed by atoms with Crippen LogP contribution in [0, 0.1) is 6.92 Å². The number of ether oxygens (including phenoxy) is 1. The van der Waals surface area contributed by atoms with E-state index in [9.17, 15) is 4.79 Å². The molecule has 1 aliphatic rings. The quantitative estimate of drug-likeness (QED) is 0.794. The average Bonchev–Trinajstić information content (AvgIpc) is 2.90. The van der Waals surface area contributed by atoms with Crippen LogP contribution in [0.15, 0.2) is 36.9 Å². The number of carbonyl (C=O) groups excluding carboxylic acids is 1. The van der Waals surface area contributed by atoms with Crippen LogP contribution in [0.4, 0.5) is 0 Å². The maximum Gasteiger partial charge on any atom is 0.246 e. The maximum atomic E-state index is 12.3. The molecule has 5 nitrogen and oxygen atoms in total. The van der Waals surface area contributed by atoms with Crippen LogP contribution in [0.1, 0.15) is 28.1 Å². The van der Waals surface area contributed by atoms with E-state index >= 15 is 0 Å². The largest absolute Gasteiger partial charge is 0.376 e. The summed E-state index contributed by atoms with van der Waals surface area (Å²) in [6, 6.07) is 8.38. The van der Waals surface area contributed by atoms with Crippen molar-refractivity contribution in [3.63, 3.8) is 0 Å². The molecular formula is C19H23N3O2. The minimum atomic E-state index is -0.0742. The van der Waals surface area contributed by atoms with Gasteiger partial charge in [0.25, 0.3) is 0 Å². The van der Waals surface area contributed by atoms with Gasteiger partial charge in [0.1, 0.15) is 0 Å². The van der Waals surface area contributed by atoms with E-state index < -0.39 is 0 Å². The van der Waals surface area contributed by atoms with Gasteiger partial charge in [0, 0.05) is 13.6 Å². The molecule has 0 unspecified atom stereocenters. The van der Waals surface area contributed by atoms with Crippen LogP contribution >= 0.6 is 0 Å². The van der Waals surface area contributed by atoms with Gasteiger partial charge in [0.2, 0.25) is 5.91 Å². The Morgan fingerprint density at radius 3 is 2.92 bits per heavy atom. The van der Waals surface area contributed by atoms with Gasteiger partial charge in [0.05, 0.1) is 31.1 Å². The van der Waals surface area contributed by atoms with Crippen molar-refractivity contribution in [2.24, 2.45) is 7.05 Å². The monoisotopic (exact) mass is 325 g/mol. The molecular weight excluding hydrogens is 302 g/mol. The molecule has 0 aliphatic carbocycles. The summed E-state index contributed by atoms with van der Waals surface area (Å²) in [6.45, 7) is 8.10. The van der Waals surface area contributed by atoms with Crippen LogP contribution < -0.4 is 0 Å². The topological polar surface area (TPSA) is 47.4 Å². The standard InChI is InChI=1S/C19H23N3O2/c1-4-19(23)22(12-18-9-14(2)20-21(18)3)11-15-5-6-17-13-24-8-7-16(17)10-15/h4-6,9-10H,1,7-8,11-13H2,2-3H3. The van der Waals surface area contributed by atoms with Crippen molar-refractivity contribution >= 4 is 5.91 Å². The third-order valence-corrected chi connectivity index (χ3v) is 4.36. The Bertz CT molecular complexity index is 764. The van der Waals surface area contributed by atoms with E-state index in [0.29, 0.717) is 19.7 Å². The van der Waals surface area contributed by atoms with Gasteiger partial charge in [-0.3, -0.25) is 9.48 Å². The smallest absolute Gasteiger partial charge is 0.246 e. The molecule has 0 saturated heterocycles. The van der Waals surface area contributed by atoms with E-state index in [0.717, 1.165) is 30.0 Å². The van der Waals surface area contributed by atoms with E-state index in [2.05, 4.69) is 29.9 Å². The lowest BCUT2D eigenvalue weighted by atomic mass is 10.00. The summed E-state index contributed by atoms with van der Waals surface area (Å²) in [4.78, 5) is 14.1. The molecule has 126 valence electrons. The summed E-state index contributed by atoms with van der Waals surface area (Å²) in [5.74, 6) is -0.0742. The van der Waals surface area contributed by atoms with Gasteiger partial charge in [-0.25, -0.2) is 0 Å². The number of amides is 1. The molecule has 0 spiro atoms. The number of aromatic nitrogens is 2. The van der Waals surface area contributed by atoms with Crippen LogP contribution in [-0.4, -0.2) is 27.2 Å². The van der Waals surface area contributed by atoms with Crippen LogP contribution in [-0.2, 0) is 42.7 Å². The van der Waals surface area contributed by atoms with Crippen molar-refractivity contribution < 1.29 is 9.53 Å². The highest BCUT2D eigenvalue weighted by molar-refractivity contribution is 5.86. The van der Waals surface area contributed by atoms with Crippen molar-refractivity contribution in [2.75, 3.05) is 6.61 Å². The van der Waals surface area contributed by atoms with Gasteiger partial charge in [0.15, 0.2) is 0 Å². The Morgan fingerprint density at radius 1 is 1.38 bits per heavy atom. The van der Waals surface area contributed by atoms with Crippen LogP contribution in [0.3, 0.4) is 0 Å². The van der Waals surface area contributed by atoms with E-state index in [1.54, 1.807) is 4.90 Å². The van der Waals surface area contributed by atoms with E-state index in [-0.39, 0.29) is 5.91 Å². The fourth-order valence-electron chi connectivity index (χ4n) is 3.08. The van der Waals surface area contributed by atoms with E-state index in [1.807, 2.05) is 24.7 Å². The van der Waals surface area contributed by atoms with Crippen LogP contribution in [0.25, 0.3) is 0 Å². The van der Waals surface area contributed by atoms with Gasteiger partial charge in [-0.1, -0.05) is 24.8 Å². The fraction of sp³-hybridized carbons (Fsp3) is 0.368. The molecule has 2 heterocycles. The zero-order valence-electron chi connectivity index (χ0n) is 14.3. The predicted molar refractivity (Wildman–Crippen MR) is 92.2 cm³/mol. The zero-order valence-corrected chi connectivity index (χ0v) is 14.3. The van der Waals surface area contributed by atoms with Gasteiger partial charge in [-0.05, 0) is 42.2 Å². The second kappa shape index (κ2) is 7.01. The summed E-state index contributed by atoms with van der Waals surface area (Å²) >= 11 is 0. The first-order chi connectivity index (χ1) is 11.6. The number of rotatable bonds is 5. The summed E-state index contributed by atoms with van der Waals surface area (Å²) in [7, 11) is 1.90. The Hall–Kier alpha value is -2.40. The predicted octanol–water partition coefficient (Wildman–Crippen LogP) is 2.52. The summed E-state index contributed by atoms with van der Waals surface area (Å²) in [5, 5.41) is 4.35. The second-order valence-electron chi connectivity index (χ2n) is 6.20. The molecule has 2 aromatic rings. The number of fused-ring (bicyclic) bond motifs is 1. The highest BCUT2D eigenvalue weighted by Crippen LogP contribution is 2.20. The third kappa shape index (κ3) is 3.57. The molecule has 24 heavy (non-hydrogen) atoms. The number of hydrogen-bond donors (Lipinski definition) is 0. The normalized spacial score (nSPS) is 13.4. The summed E-state index contributed by atoms with van der Waals surface area (Å²) in [5.41, 5.74) is 5.65. The van der Waals surface area contributed by atoms with Gasteiger partial charge < -0.3 is 9.64 Å².